The molecule has 7 heteroatoms. The van der Waals surface area contributed by atoms with E-state index in [9.17, 15) is 4.79 Å². The maximum absolute atomic E-state index is 11.1. The van der Waals surface area contributed by atoms with Gasteiger partial charge in [0.2, 0.25) is 17.6 Å². The van der Waals surface area contributed by atoms with Gasteiger partial charge in [0.1, 0.15) is 0 Å². The molecule has 1 saturated heterocycles. The molecule has 0 spiro atoms. The molecule has 25 heavy (non-hydrogen) atoms. The van der Waals surface area contributed by atoms with Crippen LogP contribution in [0.15, 0.2) is 28.8 Å². The van der Waals surface area contributed by atoms with Gasteiger partial charge >= 0.3 is 0 Å². The molecule has 1 unspecified atom stereocenters. The second-order valence-electron chi connectivity index (χ2n) is 6.41. The molecule has 1 aliphatic heterocycles. The first-order valence-electron chi connectivity index (χ1n) is 8.69. The topological polar surface area (TPSA) is 71.3 Å². The summed E-state index contributed by atoms with van der Waals surface area (Å²) in [5.74, 6) is 1.19. The molecule has 3 rings (SSSR count). The number of halogens is 1. The molecular formula is C18H23ClN4O2. The van der Waals surface area contributed by atoms with Gasteiger partial charge in [-0.1, -0.05) is 35.3 Å². The predicted molar refractivity (Wildman–Crippen MR) is 96.1 cm³/mol. The molecule has 1 aliphatic rings. The van der Waals surface area contributed by atoms with Gasteiger partial charge in [0.25, 0.3) is 0 Å². The molecule has 1 aromatic heterocycles. The fourth-order valence-corrected chi connectivity index (χ4v) is 3.44. The van der Waals surface area contributed by atoms with Crippen molar-refractivity contribution >= 4 is 17.5 Å². The first-order valence-corrected chi connectivity index (χ1v) is 9.06. The van der Waals surface area contributed by atoms with Gasteiger partial charge in [0, 0.05) is 30.1 Å². The van der Waals surface area contributed by atoms with Crippen LogP contribution in [0.1, 0.15) is 38.5 Å². The van der Waals surface area contributed by atoms with Gasteiger partial charge in [-0.15, -0.1) is 0 Å². The van der Waals surface area contributed by atoms with E-state index < -0.39 is 0 Å². The van der Waals surface area contributed by atoms with E-state index in [1.54, 1.807) is 6.92 Å². The van der Waals surface area contributed by atoms with Gasteiger partial charge in [-0.2, -0.15) is 4.98 Å². The Labute approximate surface area is 152 Å². The minimum Gasteiger partial charge on any atom is -0.356 e. The second-order valence-corrected chi connectivity index (χ2v) is 6.85. The van der Waals surface area contributed by atoms with E-state index in [1.807, 2.05) is 24.3 Å². The molecule has 6 nitrogen and oxygen atoms in total. The van der Waals surface area contributed by atoms with Crippen LogP contribution in [0, 0.1) is 0 Å². The Bertz CT molecular complexity index is 719. The van der Waals surface area contributed by atoms with Crippen LogP contribution in [0.25, 0.3) is 11.4 Å². The Morgan fingerprint density at radius 2 is 2.32 bits per heavy atom. The molecule has 0 aliphatic carbocycles. The number of likely N-dealkylation sites (tertiary alicyclic amines) is 1. The maximum Gasteiger partial charge on any atom is 0.241 e. The Morgan fingerprint density at radius 3 is 3.12 bits per heavy atom. The van der Waals surface area contributed by atoms with Crippen molar-refractivity contribution in [3.05, 3.63) is 35.2 Å². The van der Waals surface area contributed by atoms with Crippen molar-refractivity contribution in [2.24, 2.45) is 0 Å². The van der Waals surface area contributed by atoms with Crippen LogP contribution in [0.3, 0.4) is 0 Å². The highest BCUT2D eigenvalue weighted by Crippen LogP contribution is 2.23. The van der Waals surface area contributed by atoms with E-state index >= 15 is 0 Å². The lowest BCUT2D eigenvalue weighted by atomic mass is 9.99. The molecule has 2 heterocycles. The molecule has 1 atom stereocenters. The third-order valence-electron chi connectivity index (χ3n) is 4.49. The average molecular weight is 363 g/mol. The number of piperidine rings is 1. The minimum atomic E-state index is 0.0189. The standard InChI is InChI=1S/C18H23ClN4O2/c1-13(24)20-9-8-16-7-2-3-10-23(16)12-17-21-18(22-25-17)14-5-4-6-15(19)11-14/h4-6,11,16H,2-3,7-10,12H2,1H3,(H,20,24). The molecular weight excluding hydrogens is 340 g/mol. The minimum absolute atomic E-state index is 0.0189. The van der Waals surface area contributed by atoms with E-state index in [1.165, 1.54) is 12.8 Å². The van der Waals surface area contributed by atoms with Crippen molar-refractivity contribution in [1.29, 1.82) is 0 Å². The quantitative estimate of drug-likeness (QED) is 0.853. The third kappa shape index (κ3) is 5.03. The normalized spacial score (nSPS) is 18.2. The molecule has 0 bridgehead atoms. The van der Waals surface area contributed by atoms with Crippen LogP contribution in [-0.4, -0.2) is 40.1 Å². The third-order valence-corrected chi connectivity index (χ3v) is 4.72. The number of carbonyl (C=O) groups excluding carboxylic acids is 1. The fraction of sp³-hybridized carbons (Fsp3) is 0.500. The van der Waals surface area contributed by atoms with Gasteiger partial charge in [-0.3, -0.25) is 9.69 Å². The Balaban J connectivity index is 1.63. The Morgan fingerprint density at radius 1 is 1.44 bits per heavy atom. The fourth-order valence-electron chi connectivity index (χ4n) is 3.25. The number of carbonyl (C=O) groups is 1. The summed E-state index contributed by atoms with van der Waals surface area (Å²) in [6.07, 6.45) is 4.47. The highest BCUT2D eigenvalue weighted by atomic mass is 35.5. The Kier molecular flexibility index (Phi) is 6.04. The molecule has 1 aromatic carbocycles. The summed E-state index contributed by atoms with van der Waals surface area (Å²) in [6.45, 7) is 3.90. The summed E-state index contributed by atoms with van der Waals surface area (Å²) in [5, 5.41) is 7.60. The smallest absolute Gasteiger partial charge is 0.241 e. The van der Waals surface area contributed by atoms with E-state index in [0.29, 0.717) is 35.9 Å². The van der Waals surface area contributed by atoms with Crippen LogP contribution in [0.5, 0.6) is 0 Å². The van der Waals surface area contributed by atoms with Crippen molar-refractivity contribution in [2.75, 3.05) is 13.1 Å². The van der Waals surface area contributed by atoms with Crippen LogP contribution < -0.4 is 5.32 Å². The molecule has 0 saturated carbocycles. The van der Waals surface area contributed by atoms with Gasteiger partial charge < -0.3 is 9.84 Å². The first kappa shape index (κ1) is 17.9. The number of hydrogen-bond donors (Lipinski definition) is 1. The lowest BCUT2D eigenvalue weighted by molar-refractivity contribution is -0.119. The SMILES string of the molecule is CC(=O)NCCC1CCCCN1Cc1nc(-c2cccc(Cl)c2)no1. The number of nitrogens with zero attached hydrogens (tertiary/aromatic N) is 3. The molecule has 134 valence electrons. The van der Waals surface area contributed by atoms with Crippen LogP contribution >= 0.6 is 11.6 Å². The lowest BCUT2D eigenvalue weighted by Crippen LogP contribution is -2.41. The van der Waals surface area contributed by atoms with Gasteiger partial charge in [0.05, 0.1) is 6.54 Å². The van der Waals surface area contributed by atoms with Crippen molar-refractivity contribution in [2.45, 2.75) is 45.2 Å². The summed E-state index contributed by atoms with van der Waals surface area (Å²) in [6, 6.07) is 7.86. The summed E-state index contributed by atoms with van der Waals surface area (Å²) in [5.41, 5.74) is 0.850. The van der Waals surface area contributed by atoms with Crippen molar-refractivity contribution < 1.29 is 9.32 Å². The molecule has 1 N–H and O–H groups in total. The highest BCUT2D eigenvalue weighted by Gasteiger charge is 2.24. The van der Waals surface area contributed by atoms with Gasteiger partial charge in [0.15, 0.2) is 0 Å². The predicted octanol–water partition coefficient (Wildman–Crippen LogP) is 3.27. The zero-order valence-corrected chi connectivity index (χ0v) is 15.1. The lowest BCUT2D eigenvalue weighted by Gasteiger charge is -2.34. The van der Waals surface area contributed by atoms with Gasteiger partial charge in [-0.25, -0.2) is 0 Å². The molecule has 1 amide bonds. The van der Waals surface area contributed by atoms with E-state index in [4.69, 9.17) is 16.1 Å². The van der Waals surface area contributed by atoms with Crippen LogP contribution in [0.4, 0.5) is 0 Å². The van der Waals surface area contributed by atoms with Crippen molar-refractivity contribution in [3.8, 4) is 11.4 Å². The summed E-state index contributed by atoms with van der Waals surface area (Å²) in [4.78, 5) is 17.9. The maximum atomic E-state index is 11.1. The number of benzene rings is 1. The summed E-state index contributed by atoms with van der Waals surface area (Å²) < 4.78 is 5.44. The Hall–Kier alpha value is -1.92. The van der Waals surface area contributed by atoms with Crippen LogP contribution in [-0.2, 0) is 11.3 Å². The van der Waals surface area contributed by atoms with Gasteiger partial charge in [-0.05, 0) is 37.9 Å². The highest BCUT2D eigenvalue weighted by molar-refractivity contribution is 6.30. The van der Waals surface area contributed by atoms with Crippen molar-refractivity contribution in [3.63, 3.8) is 0 Å². The molecule has 1 fully saturated rings. The zero-order chi connectivity index (χ0) is 17.6. The van der Waals surface area contributed by atoms with Crippen molar-refractivity contribution in [1.82, 2.24) is 20.4 Å². The summed E-state index contributed by atoms with van der Waals surface area (Å²) >= 11 is 6.02. The second kappa shape index (κ2) is 8.45. The molecule has 0 radical (unpaired) electrons. The van der Waals surface area contributed by atoms with E-state index in [2.05, 4.69) is 20.4 Å². The van der Waals surface area contributed by atoms with E-state index in [0.717, 1.165) is 24.9 Å². The largest absolute Gasteiger partial charge is 0.356 e. The monoisotopic (exact) mass is 362 g/mol. The number of amides is 1. The number of rotatable bonds is 6. The average Bonchev–Trinajstić information content (AvgIpc) is 3.05. The number of nitrogens with one attached hydrogen (secondary N) is 1. The van der Waals surface area contributed by atoms with E-state index in [-0.39, 0.29) is 5.91 Å². The number of hydrogen-bond acceptors (Lipinski definition) is 5. The molecule has 2 aromatic rings. The van der Waals surface area contributed by atoms with Crippen LogP contribution in [0.2, 0.25) is 5.02 Å². The first-order chi connectivity index (χ1) is 12.1. The number of aromatic nitrogens is 2. The zero-order valence-electron chi connectivity index (χ0n) is 14.4. The summed E-state index contributed by atoms with van der Waals surface area (Å²) in [7, 11) is 0.